The molecule has 2 rings (SSSR count). The quantitative estimate of drug-likeness (QED) is 0.812. The van der Waals surface area contributed by atoms with E-state index in [1.165, 1.54) is 0 Å². The summed E-state index contributed by atoms with van der Waals surface area (Å²) in [6.45, 7) is 3.90. The lowest BCUT2D eigenvalue weighted by molar-refractivity contribution is 0.432. The molecule has 0 aliphatic carbocycles. The zero-order valence-electron chi connectivity index (χ0n) is 10.1. The molecule has 17 heavy (non-hydrogen) atoms. The number of aromatic nitrogens is 1. The Labute approximate surface area is 100 Å². The molecular weight excluding hydrogens is 214 g/mol. The molecule has 3 heteroatoms. The number of nitrogens with zero attached hydrogens (tertiary/aromatic N) is 1. The van der Waals surface area contributed by atoms with Crippen LogP contribution in [0.15, 0.2) is 39.5 Å². The summed E-state index contributed by atoms with van der Waals surface area (Å²) in [4.78, 5) is 16.0. The molecule has 1 aromatic heterocycles. The third-order valence-electron chi connectivity index (χ3n) is 2.65. The van der Waals surface area contributed by atoms with Crippen molar-refractivity contribution in [2.75, 3.05) is 0 Å². The summed E-state index contributed by atoms with van der Waals surface area (Å²) in [7, 11) is 0. The number of rotatable bonds is 3. The van der Waals surface area contributed by atoms with Crippen LogP contribution in [0.25, 0.3) is 11.1 Å². The molecule has 0 fully saturated rings. The van der Waals surface area contributed by atoms with Crippen molar-refractivity contribution in [2.24, 2.45) is 0 Å². The number of hydrogen-bond acceptors (Lipinski definition) is 3. The number of hydrogen-bond donors (Lipinski definition) is 0. The lowest BCUT2D eigenvalue weighted by atomic mass is 10.1. The van der Waals surface area contributed by atoms with Gasteiger partial charge in [0.05, 0.1) is 5.56 Å². The fourth-order valence-corrected chi connectivity index (χ4v) is 1.79. The van der Waals surface area contributed by atoms with Gasteiger partial charge in [-0.25, -0.2) is 0 Å². The lowest BCUT2D eigenvalue weighted by Crippen LogP contribution is -2.14. The van der Waals surface area contributed by atoms with Gasteiger partial charge in [0.15, 0.2) is 5.89 Å². The Bertz CT molecular complexity index is 558. The molecule has 0 radical (unpaired) electrons. The van der Waals surface area contributed by atoms with E-state index >= 15 is 0 Å². The van der Waals surface area contributed by atoms with Gasteiger partial charge in [-0.3, -0.25) is 4.79 Å². The van der Waals surface area contributed by atoms with Crippen molar-refractivity contribution < 1.29 is 4.42 Å². The van der Waals surface area contributed by atoms with E-state index in [4.69, 9.17) is 4.42 Å². The summed E-state index contributed by atoms with van der Waals surface area (Å²) in [5.74, 6) is 1.22. The molecule has 0 aliphatic rings. The van der Waals surface area contributed by atoms with E-state index in [9.17, 15) is 4.79 Å². The summed E-state index contributed by atoms with van der Waals surface area (Å²) < 4.78 is 5.63. The third-order valence-corrected chi connectivity index (χ3v) is 2.65. The number of aryl methyl sites for hydroxylation is 2. The van der Waals surface area contributed by atoms with Crippen molar-refractivity contribution in [3.8, 4) is 11.1 Å². The second-order valence-electron chi connectivity index (χ2n) is 3.78. The second-order valence-corrected chi connectivity index (χ2v) is 3.78. The third kappa shape index (κ3) is 2.28. The SMILES string of the molecule is CCc1nc(=O)c(-c2ccccc2)c(CC)o1. The first-order valence-corrected chi connectivity index (χ1v) is 5.84. The van der Waals surface area contributed by atoms with Crippen molar-refractivity contribution >= 4 is 0 Å². The van der Waals surface area contributed by atoms with E-state index < -0.39 is 0 Å². The summed E-state index contributed by atoms with van der Waals surface area (Å²) >= 11 is 0. The maximum atomic E-state index is 12.0. The van der Waals surface area contributed by atoms with E-state index in [0.29, 0.717) is 30.1 Å². The van der Waals surface area contributed by atoms with Gasteiger partial charge in [-0.15, -0.1) is 0 Å². The maximum Gasteiger partial charge on any atom is 0.284 e. The summed E-state index contributed by atoms with van der Waals surface area (Å²) in [6.07, 6.45) is 1.33. The molecule has 0 N–H and O–H groups in total. The maximum absolute atomic E-state index is 12.0. The van der Waals surface area contributed by atoms with Crippen LogP contribution in [0.4, 0.5) is 0 Å². The summed E-state index contributed by atoms with van der Waals surface area (Å²) in [6, 6.07) is 9.53. The highest BCUT2D eigenvalue weighted by molar-refractivity contribution is 5.64. The molecule has 0 saturated heterocycles. The van der Waals surface area contributed by atoms with Gasteiger partial charge in [-0.05, 0) is 5.56 Å². The second kappa shape index (κ2) is 4.95. The first-order valence-electron chi connectivity index (χ1n) is 5.84. The Balaban J connectivity index is 2.65. The van der Waals surface area contributed by atoms with E-state index in [1.807, 2.05) is 44.2 Å². The van der Waals surface area contributed by atoms with Crippen LogP contribution in [0.2, 0.25) is 0 Å². The Kier molecular flexibility index (Phi) is 3.38. The Morgan fingerprint density at radius 2 is 1.82 bits per heavy atom. The highest BCUT2D eigenvalue weighted by Crippen LogP contribution is 2.20. The predicted molar refractivity (Wildman–Crippen MR) is 67.0 cm³/mol. The molecule has 0 bridgehead atoms. The molecule has 0 saturated carbocycles. The fraction of sp³-hybridized carbons (Fsp3) is 0.286. The van der Waals surface area contributed by atoms with E-state index in [0.717, 1.165) is 5.56 Å². The van der Waals surface area contributed by atoms with Gasteiger partial charge in [0, 0.05) is 12.8 Å². The molecule has 1 aromatic carbocycles. The van der Waals surface area contributed by atoms with Crippen LogP contribution in [-0.2, 0) is 12.8 Å². The van der Waals surface area contributed by atoms with Gasteiger partial charge >= 0.3 is 0 Å². The molecule has 0 unspecified atom stereocenters. The van der Waals surface area contributed by atoms with Gasteiger partial charge in [-0.1, -0.05) is 44.2 Å². The summed E-state index contributed by atoms with van der Waals surface area (Å²) in [5.41, 5.74) is 1.26. The van der Waals surface area contributed by atoms with Gasteiger partial charge in [0.2, 0.25) is 0 Å². The van der Waals surface area contributed by atoms with Gasteiger partial charge in [0.1, 0.15) is 5.76 Å². The highest BCUT2D eigenvalue weighted by Gasteiger charge is 2.13. The molecule has 0 amide bonds. The topological polar surface area (TPSA) is 43.1 Å². The van der Waals surface area contributed by atoms with E-state index in [1.54, 1.807) is 0 Å². The van der Waals surface area contributed by atoms with Crippen LogP contribution in [0.3, 0.4) is 0 Å². The largest absolute Gasteiger partial charge is 0.446 e. The standard InChI is InChI=1S/C14H15NO2/c1-3-11-13(10-8-6-5-7-9-10)14(16)15-12(4-2)17-11/h5-9H,3-4H2,1-2H3. The highest BCUT2D eigenvalue weighted by atomic mass is 16.3. The normalized spacial score (nSPS) is 10.5. The van der Waals surface area contributed by atoms with Crippen molar-refractivity contribution in [3.05, 3.63) is 52.3 Å². The predicted octanol–water partition coefficient (Wildman–Crippen LogP) is 2.83. The van der Waals surface area contributed by atoms with Gasteiger partial charge in [0.25, 0.3) is 5.56 Å². The van der Waals surface area contributed by atoms with Crippen LogP contribution in [0.5, 0.6) is 0 Å². The van der Waals surface area contributed by atoms with Crippen molar-refractivity contribution in [3.63, 3.8) is 0 Å². The molecule has 0 spiro atoms. The first kappa shape index (κ1) is 11.6. The molecular formula is C14H15NO2. The molecule has 2 aromatic rings. The van der Waals surface area contributed by atoms with Crippen molar-refractivity contribution in [1.82, 2.24) is 4.98 Å². The Morgan fingerprint density at radius 1 is 1.12 bits per heavy atom. The monoisotopic (exact) mass is 229 g/mol. The molecule has 88 valence electrons. The molecule has 0 atom stereocenters. The van der Waals surface area contributed by atoms with Crippen molar-refractivity contribution in [1.29, 1.82) is 0 Å². The van der Waals surface area contributed by atoms with Gasteiger partial charge < -0.3 is 4.42 Å². The average molecular weight is 229 g/mol. The van der Waals surface area contributed by atoms with Crippen molar-refractivity contribution in [2.45, 2.75) is 26.7 Å². The van der Waals surface area contributed by atoms with Crippen LogP contribution in [0, 0.1) is 0 Å². The van der Waals surface area contributed by atoms with E-state index in [2.05, 4.69) is 4.98 Å². The molecule has 1 heterocycles. The lowest BCUT2D eigenvalue weighted by Gasteiger charge is -2.06. The summed E-state index contributed by atoms with van der Waals surface area (Å²) in [5, 5.41) is 0. The first-order chi connectivity index (χ1) is 8.26. The Hall–Kier alpha value is -1.90. The van der Waals surface area contributed by atoms with Crippen LogP contribution >= 0.6 is 0 Å². The smallest absolute Gasteiger partial charge is 0.284 e. The zero-order chi connectivity index (χ0) is 12.3. The van der Waals surface area contributed by atoms with Gasteiger partial charge in [-0.2, -0.15) is 4.98 Å². The fourth-order valence-electron chi connectivity index (χ4n) is 1.79. The minimum atomic E-state index is -0.198. The van der Waals surface area contributed by atoms with Crippen LogP contribution < -0.4 is 5.56 Å². The molecule has 3 nitrogen and oxygen atoms in total. The minimum Gasteiger partial charge on any atom is -0.446 e. The molecule has 0 aliphatic heterocycles. The van der Waals surface area contributed by atoms with Crippen LogP contribution in [0.1, 0.15) is 25.5 Å². The van der Waals surface area contributed by atoms with Crippen LogP contribution in [-0.4, -0.2) is 4.98 Å². The Morgan fingerprint density at radius 3 is 2.41 bits per heavy atom. The minimum absolute atomic E-state index is 0.198. The van der Waals surface area contributed by atoms with E-state index in [-0.39, 0.29) is 5.56 Å². The average Bonchev–Trinajstić information content (AvgIpc) is 2.38. The zero-order valence-corrected chi connectivity index (χ0v) is 10.1. The number of benzene rings is 1.